The molecular weight excluding hydrogens is 383 g/mol. The third-order valence-electron chi connectivity index (χ3n) is 2.81. The summed E-state index contributed by atoms with van der Waals surface area (Å²) in [5, 5.41) is 10.3. The number of aliphatic hydroxyl groups is 1. The third kappa shape index (κ3) is 4.11. The Hall–Kier alpha value is -1.96. The van der Waals surface area contributed by atoms with Gasteiger partial charge in [0.1, 0.15) is 21.5 Å². The number of carbonyl (C=O) groups excluding carboxylic acids is 1. The number of hydrogen-bond acceptors (Lipinski definition) is 5. The average molecular weight is 392 g/mol. The molecule has 0 fully saturated rings. The topological polar surface area (TPSA) is 58.9 Å². The lowest BCUT2D eigenvalue weighted by Gasteiger charge is -2.04. The van der Waals surface area contributed by atoms with Crippen LogP contribution in [0.3, 0.4) is 0 Å². The molecule has 24 heavy (non-hydrogen) atoms. The summed E-state index contributed by atoms with van der Waals surface area (Å²) < 4.78 is 31.5. The van der Waals surface area contributed by atoms with Gasteiger partial charge < -0.3 is 9.84 Å². The van der Waals surface area contributed by atoms with E-state index < -0.39 is 23.4 Å². The molecule has 0 aliphatic carbocycles. The van der Waals surface area contributed by atoms with Gasteiger partial charge in [0, 0.05) is 17.8 Å². The molecule has 2 aromatic rings. The first-order chi connectivity index (χ1) is 11.3. The minimum atomic E-state index is -0.924. The van der Waals surface area contributed by atoms with E-state index in [9.17, 15) is 18.7 Å². The maximum atomic E-state index is 13.6. The van der Waals surface area contributed by atoms with Gasteiger partial charge in [0.2, 0.25) is 0 Å². The fourth-order valence-corrected chi connectivity index (χ4v) is 3.15. The standard InChI is InChI=1S/C15H9Cl2F2NO3S/c1-23-15(22)9(13(21)8-5-12(16)24-14(8)17)6-20-11-3-2-7(18)4-10(11)19/h2-6,21H,1H3/b13-9+,20-6?. The summed E-state index contributed by atoms with van der Waals surface area (Å²) in [7, 11) is 1.10. The average Bonchev–Trinajstić information content (AvgIpc) is 2.87. The zero-order valence-electron chi connectivity index (χ0n) is 12.0. The number of esters is 1. The van der Waals surface area contributed by atoms with Crippen molar-refractivity contribution in [3.05, 3.63) is 55.7 Å². The van der Waals surface area contributed by atoms with E-state index >= 15 is 0 Å². The van der Waals surface area contributed by atoms with Gasteiger partial charge in [-0.2, -0.15) is 0 Å². The molecule has 0 unspecified atom stereocenters. The molecule has 1 heterocycles. The van der Waals surface area contributed by atoms with Crippen LogP contribution < -0.4 is 0 Å². The molecule has 0 amide bonds. The van der Waals surface area contributed by atoms with Crippen LogP contribution in [-0.4, -0.2) is 24.4 Å². The molecule has 2 rings (SSSR count). The number of thiophene rings is 1. The predicted molar refractivity (Wildman–Crippen MR) is 90.4 cm³/mol. The summed E-state index contributed by atoms with van der Waals surface area (Å²) in [4.78, 5) is 15.6. The number of halogens is 4. The molecule has 1 aromatic carbocycles. The molecule has 0 saturated carbocycles. The third-order valence-corrected chi connectivity index (χ3v) is 4.30. The minimum absolute atomic E-state index is 0.109. The Kier molecular flexibility index (Phi) is 5.93. The van der Waals surface area contributed by atoms with Gasteiger partial charge in [0.15, 0.2) is 5.82 Å². The van der Waals surface area contributed by atoms with Crippen molar-refractivity contribution < 1.29 is 23.4 Å². The molecule has 1 N–H and O–H groups in total. The van der Waals surface area contributed by atoms with Crippen LogP contribution in [0.15, 0.2) is 34.8 Å². The van der Waals surface area contributed by atoms with Crippen LogP contribution in [0, 0.1) is 11.6 Å². The lowest BCUT2D eigenvalue weighted by Crippen LogP contribution is -2.09. The lowest BCUT2D eigenvalue weighted by molar-refractivity contribution is -0.135. The Morgan fingerprint density at radius 1 is 1.33 bits per heavy atom. The number of carbonyl (C=O) groups is 1. The minimum Gasteiger partial charge on any atom is -0.506 e. The van der Waals surface area contributed by atoms with Crippen molar-refractivity contribution in [1.29, 1.82) is 0 Å². The van der Waals surface area contributed by atoms with E-state index in [-0.39, 0.29) is 21.2 Å². The summed E-state index contributed by atoms with van der Waals surface area (Å²) in [5.74, 6) is -3.14. The van der Waals surface area contributed by atoms with E-state index in [0.717, 1.165) is 36.8 Å². The Labute approximate surface area is 149 Å². The number of methoxy groups -OCH3 is 1. The predicted octanol–water partition coefficient (Wildman–Crippen LogP) is 5.18. The molecule has 0 aliphatic heterocycles. The van der Waals surface area contributed by atoms with Crippen molar-refractivity contribution >= 4 is 58.2 Å². The highest BCUT2D eigenvalue weighted by Crippen LogP contribution is 2.35. The van der Waals surface area contributed by atoms with Gasteiger partial charge in [-0.1, -0.05) is 23.2 Å². The van der Waals surface area contributed by atoms with Gasteiger partial charge in [-0.25, -0.2) is 13.6 Å². The first-order valence-corrected chi connectivity index (χ1v) is 7.86. The molecule has 9 heteroatoms. The highest BCUT2D eigenvalue weighted by Gasteiger charge is 2.19. The largest absolute Gasteiger partial charge is 0.506 e. The molecule has 0 atom stereocenters. The number of rotatable bonds is 4. The second kappa shape index (κ2) is 7.74. The van der Waals surface area contributed by atoms with Crippen LogP contribution in [0.2, 0.25) is 8.67 Å². The Balaban J connectivity index is 2.49. The molecule has 0 aliphatic rings. The number of aliphatic imine (C=N–C) groups is 1. The van der Waals surface area contributed by atoms with Gasteiger partial charge in [-0.15, -0.1) is 11.3 Å². The second-order valence-electron chi connectivity index (χ2n) is 4.35. The SMILES string of the molecule is COC(=O)/C(C=Nc1ccc(F)cc1F)=C(/O)c1cc(Cl)sc1Cl. The smallest absolute Gasteiger partial charge is 0.343 e. The van der Waals surface area contributed by atoms with Crippen LogP contribution in [0.25, 0.3) is 5.76 Å². The van der Waals surface area contributed by atoms with Crippen molar-refractivity contribution in [2.24, 2.45) is 4.99 Å². The highest BCUT2D eigenvalue weighted by molar-refractivity contribution is 7.20. The maximum absolute atomic E-state index is 13.6. The van der Waals surface area contributed by atoms with E-state index in [2.05, 4.69) is 9.73 Å². The van der Waals surface area contributed by atoms with Gasteiger partial charge in [-0.3, -0.25) is 4.99 Å². The Bertz CT molecular complexity index is 849. The first kappa shape index (κ1) is 18.4. The zero-order chi connectivity index (χ0) is 17.9. The fourth-order valence-electron chi connectivity index (χ4n) is 1.69. The number of ether oxygens (including phenoxy) is 1. The molecule has 126 valence electrons. The van der Waals surface area contributed by atoms with Gasteiger partial charge in [0.05, 0.1) is 17.1 Å². The molecule has 0 radical (unpaired) electrons. The second-order valence-corrected chi connectivity index (χ2v) is 6.63. The van der Waals surface area contributed by atoms with Crippen LogP contribution in [0.4, 0.5) is 14.5 Å². The van der Waals surface area contributed by atoms with Crippen molar-refractivity contribution in [3.63, 3.8) is 0 Å². The van der Waals surface area contributed by atoms with Gasteiger partial charge >= 0.3 is 5.97 Å². The van der Waals surface area contributed by atoms with E-state index in [4.69, 9.17) is 23.2 Å². The van der Waals surface area contributed by atoms with Crippen LogP contribution in [-0.2, 0) is 9.53 Å². The molecular formula is C15H9Cl2F2NO3S. The monoisotopic (exact) mass is 391 g/mol. The van der Waals surface area contributed by atoms with Crippen molar-refractivity contribution in [3.8, 4) is 0 Å². The molecule has 0 bridgehead atoms. The summed E-state index contributed by atoms with van der Waals surface area (Å²) >= 11 is 12.7. The van der Waals surface area contributed by atoms with Crippen molar-refractivity contribution in [2.75, 3.05) is 7.11 Å². The van der Waals surface area contributed by atoms with Gasteiger partial charge in [0.25, 0.3) is 0 Å². The fraction of sp³-hybridized carbons (Fsp3) is 0.0667. The highest BCUT2D eigenvalue weighted by atomic mass is 35.5. The van der Waals surface area contributed by atoms with Gasteiger partial charge in [-0.05, 0) is 18.2 Å². The quantitative estimate of drug-likeness (QED) is 0.338. The first-order valence-electron chi connectivity index (χ1n) is 6.29. The Morgan fingerprint density at radius 2 is 2.04 bits per heavy atom. The summed E-state index contributed by atoms with van der Waals surface area (Å²) in [5.41, 5.74) is -0.476. The van der Waals surface area contributed by atoms with Crippen LogP contribution in [0.5, 0.6) is 0 Å². The molecule has 4 nitrogen and oxygen atoms in total. The number of benzene rings is 1. The normalized spacial score (nSPS) is 12.4. The molecule has 0 spiro atoms. The summed E-state index contributed by atoms with van der Waals surface area (Å²) in [6.07, 6.45) is 0.902. The number of nitrogens with zero attached hydrogens (tertiary/aromatic N) is 1. The van der Waals surface area contributed by atoms with E-state index in [1.54, 1.807) is 0 Å². The Morgan fingerprint density at radius 3 is 2.58 bits per heavy atom. The number of hydrogen-bond donors (Lipinski definition) is 1. The molecule has 0 saturated heterocycles. The van der Waals surface area contributed by atoms with E-state index in [0.29, 0.717) is 10.4 Å². The maximum Gasteiger partial charge on any atom is 0.343 e. The lowest BCUT2D eigenvalue weighted by atomic mass is 10.1. The van der Waals surface area contributed by atoms with E-state index in [1.165, 1.54) is 6.07 Å². The van der Waals surface area contributed by atoms with E-state index in [1.807, 2.05) is 0 Å². The summed E-state index contributed by atoms with van der Waals surface area (Å²) in [6.45, 7) is 0. The van der Waals surface area contributed by atoms with Crippen LogP contribution in [0.1, 0.15) is 5.56 Å². The zero-order valence-corrected chi connectivity index (χ0v) is 14.3. The van der Waals surface area contributed by atoms with Crippen molar-refractivity contribution in [2.45, 2.75) is 0 Å². The van der Waals surface area contributed by atoms with Crippen LogP contribution >= 0.6 is 34.5 Å². The number of aliphatic hydroxyl groups excluding tert-OH is 1. The molecule has 1 aromatic heterocycles. The van der Waals surface area contributed by atoms with Crippen molar-refractivity contribution in [1.82, 2.24) is 0 Å². The summed E-state index contributed by atoms with van der Waals surface area (Å²) in [6, 6.07) is 4.09.